The van der Waals surface area contributed by atoms with Crippen LogP contribution in [0.25, 0.3) is 0 Å². The minimum absolute atomic E-state index is 0.0123. The summed E-state index contributed by atoms with van der Waals surface area (Å²) < 4.78 is 5.64. The van der Waals surface area contributed by atoms with Gasteiger partial charge in [-0.15, -0.1) is 0 Å². The van der Waals surface area contributed by atoms with Gasteiger partial charge in [-0.25, -0.2) is 0 Å². The van der Waals surface area contributed by atoms with Crippen LogP contribution >= 0.6 is 0 Å². The van der Waals surface area contributed by atoms with Crippen LogP contribution in [0, 0.1) is 5.92 Å². The summed E-state index contributed by atoms with van der Waals surface area (Å²) in [5.41, 5.74) is 23.2. The van der Waals surface area contributed by atoms with Gasteiger partial charge in [-0.2, -0.15) is 0 Å². The molecule has 1 unspecified atom stereocenters. The van der Waals surface area contributed by atoms with Crippen LogP contribution in [0.5, 0.6) is 0 Å². The topological polar surface area (TPSA) is 194 Å². The first kappa shape index (κ1) is 17.0. The second kappa shape index (κ2) is 6.41. The van der Waals surface area contributed by atoms with E-state index in [2.05, 4.69) is 0 Å². The third kappa shape index (κ3) is 2.93. The fourth-order valence-electron chi connectivity index (χ4n) is 3.34. The number of ether oxygens (including phenoxy) is 1. The number of aliphatic hydroxyl groups is 4. The Hall–Kier alpha value is -0.360. The first-order valence-corrected chi connectivity index (χ1v) is 7.14. The normalized spacial score (nSPS) is 55.4. The molecule has 10 atom stereocenters. The molecule has 0 aromatic rings. The number of hydrogen-bond donors (Lipinski definition) is 8. The van der Waals surface area contributed by atoms with E-state index in [4.69, 9.17) is 27.7 Å². The Morgan fingerprint density at radius 2 is 1.48 bits per heavy atom. The lowest BCUT2D eigenvalue weighted by molar-refractivity contribution is -0.211. The molecule has 1 aliphatic carbocycles. The van der Waals surface area contributed by atoms with Crippen molar-refractivity contribution in [1.29, 1.82) is 0 Å². The average molecular weight is 306 g/mol. The van der Waals surface area contributed by atoms with E-state index in [9.17, 15) is 20.4 Å². The van der Waals surface area contributed by atoms with Gasteiger partial charge in [0.15, 0.2) is 0 Å². The summed E-state index contributed by atoms with van der Waals surface area (Å²) in [7, 11) is 0. The van der Waals surface area contributed by atoms with Gasteiger partial charge in [-0.05, 0) is 6.42 Å². The molecule has 21 heavy (non-hydrogen) atoms. The highest BCUT2D eigenvalue weighted by Crippen LogP contribution is 2.33. The summed E-state index contributed by atoms with van der Waals surface area (Å²) in [6, 6.07) is -2.13. The quantitative estimate of drug-likeness (QED) is 0.247. The van der Waals surface area contributed by atoms with E-state index in [-0.39, 0.29) is 6.54 Å². The maximum atomic E-state index is 10.2. The molecule has 0 radical (unpaired) electrons. The smallest absolute Gasteiger partial charge is 0.109 e. The van der Waals surface area contributed by atoms with Gasteiger partial charge >= 0.3 is 0 Å². The maximum Gasteiger partial charge on any atom is 0.109 e. The second-order valence-corrected chi connectivity index (χ2v) is 6.06. The van der Waals surface area contributed by atoms with E-state index < -0.39 is 60.7 Å². The van der Waals surface area contributed by atoms with Crippen molar-refractivity contribution in [2.24, 2.45) is 28.9 Å². The van der Waals surface area contributed by atoms with Crippen molar-refractivity contribution in [2.75, 3.05) is 6.54 Å². The molecule has 9 heteroatoms. The van der Waals surface area contributed by atoms with Crippen LogP contribution in [-0.4, -0.2) is 81.7 Å². The molecule has 124 valence electrons. The van der Waals surface area contributed by atoms with Crippen molar-refractivity contribution >= 4 is 0 Å². The van der Waals surface area contributed by atoms with E-state index in [1.165, 1.54) is 0 Å². The predicted octanol–water partition coefficient (Wildman–Crippen LogP) is -4.84. The minimum atomic E-state index is -1.25. The molecule has 0 aromatic carbocycles. The second-order valence-electron chi connectivity index (χ2n) is 6.06. The zero-order valence-corrected chi connectivity index (χ0v) is 11.7. The molecule has 0 aromatic heterocycles. The van der Waals surface area contributed by atoms with Crippen molar-refractivity contribution in [2.45, 2.75) is 61.2 Å². The van der Waals surface area contributed by atoms with Crippen LogP contribution in [0.3, 0.4) is 0 Å². The molecule has 2 fully saturated rings. The van der Waals surface area contributed by atoms with E-state index >= 15 is 0 Å². The Kier molecular flexibility index (Phi) is 5.19. The Labute approximate surface area is 122 Å². The van der Waals surface area contributed by atoms with Crippen LogP contribution in [-0.2, 0) is 4.74 Å². The third-order valence-electron chi connectivity index (χ3n) is 4.67. The van der Waals surface area contributed by atoms with E-state index in [0.717, 1.165) is 0 Å². The molecular formula is C12H26N4O5. The Bertz CT molecular complexity index is 361. The van der Waals surface area contributed by atoms with Crippen LogP contribution in [0.1, 0.15) is 6.42 Å². The molecule has 1 saturated carbocycles. The van der Waals surface area contributed by atoms with E-state index in [1.807, 2.05) is 0 Å². The molecule has 0 bridgehead atoms. The van der Waals surface area contributed by atoms with Crippen LogP contribution in [0.4, 0.5) is 0 Å². The number of aliphatic hydroxyl groups excluding tert-OH is 4. The molecule has 9 nitrogen and oxygen atoms in total. The van der Waals surface area contributed by atoms with Gasteiger partial charge in [-0.3, -0.25) is 0 Å². The number of nitrogens with two attached hydrogens (primary N) is 4. The van der Waals surface area contributed by atoms with Gasteiger partial charge < -0.3 is 48.1 Å². The van der Waals surface area contributed by atoms with E-state index in [0.29, 0.717) is 6.42 Å². The highest BCUT2D eigenvalue weighted by molar-refractivity contribution is 5.06. The summed E-state index contributed by atoms with van der Waals surface area (Å²) in [4.78, 5) is 0. The third-order valence-corrected chi connectivity index (χ3v) is 4.67. The zero-order valence-electron chi connectivity index (χ0n) is 11.7. The Balaban J connectivity index is 2.22. The molecule has 1 heterocycles. The van der Waals surface area contributed by atoms with Crippen molar-refractivity contribution in [3.8, 4) is 0 Å². The summed E-state index contributed by atoms with van der Waals surface area (Å²) in [5.74, 6) is -0.703. The fraction of sp³-hybridized carbons (Fsp3) is 1.00. The van der Waals surface area contributed by atoms with Gasteiger partial charge in [0.1, 0.15) is 12.2 Å². The fourth-order valence-corrected chi connectivity index (χ4v) is 3.34. The lowest BCUT2D eigenvalue weighted by atomic mass is 9.72. The maximum absolute atomic E-state index is 10.2. The highest BCUT2D eigenvalue weighted by atomic mass is 16.5. The standard InChI is InChI=1S/C12H26N4O5/c13-2-5-9(18)11(20)7(16)12(21-5)6-3(14)1-4(15)8(17)10(6)19/h3-12,17-20H,1-2,13-16H2/t3-,4+,5+,6+,7+,8-,9+,10-,11+,12?/m0/s1. The zero-order chi connectivity index (χ0) is 15.9. The highest BCUT2D eigenvalue weighted by Gasteiger charge is 2.52. The summed E-state index contributed by atoms with van der Waals surface area (Å²) in [5, 5.41) is 40.0. The van der Waals surface area contributed by atoms with Crippen LogP contribution in [0.2, 0.25) is 0 Å². The summed E-state index contributed by atoms with van der Waals surface area (Å²) >= 11 is 0. The molecule has 2 aliphatic rings. The summed E-state index contributed by atoms with van der Waals surface area (Å²) in [6.45, 7) is -0.0123. The van der Waals surface area contributed by atoms with Gasteiger partial charge in [0.05, 0.1) is 30.5 Å². The molecular weight excluding hydrogens is 280 g/mol. The molecule has 0 spiro atoms. The Morgan fingerprint density at radius 1 is 0.857 bits per heavy atom. The van der Waals surface area contributed by atoms with Crippen molar-refractivity contribution in [3.05, 3.63) is 0 Å². The van der Waals surface area contributed by atoms with E-state index in [1.54, 1.807) is 0 Å². The van der Waals surface area contributed by atoms with Crippen molar-refractivity contribution in [1.82, 2.24) is 0 Å². The Morgan fingerprint density at radius 3 is 2.05 bits per heavy atom. The van der Waals surface area contributed by atoms with Crippen LogP contribution in [0.15, 0.2) is 0 Å². The number of rotatable bonds is 2. The molecule has 12 N–H and O–H groups in total. The monoisotopic (exact) mass is 306 g/mol. The molecule has 2 rings (SSSR count). The van der Waals surface area contributed by atoms with Crippen LogP contribution < -0.4 is 22.9 Å². The lowest BCUT2D eigenvalue weighted by Gasteiger charge is -2.49. The first-order chi connectivity index (χ1) is 9.79. The van der Waals surface area contributed by atoms with Crippen molar-refractivity contribution < 1.29 is 25.2 Å². The van der Waals surface area contributed by atoms with Crippen molar-refractivity contribution in [3.63, 3.8) is 0 Å². The lowest BCUT2D eigenvalue weighted by Crippen LogP contribution is -2.70. The first-order valence-electron chi connectivity index (χ1n) is 7.14. The van der Waals surface area contributed by atoms with Gasteiger partial charge in [0.25, 0.3) is 0 Å². The largest absolute Gasteiger partial charge is 0.390 e. The minimum Gasteiger partial charge on any atom is -0.390 e. The van der Waals surface area contributed by atoms with Gasteiger partial charge in [0.2, 0.25) is 0 Å². The summed E-state index contributed by atoms with van der Waals surface area (Å²) in [6.07, 6.45) is -6.16. The van der Waals surface area contributed by atoms with Gasteiger partial charge in [-0.1, -0.05) is 0 Å². The predicted molar refractivity (Wildman–Crippen MR) is 73.8 cm³/mol. The number of hydrogen-bond acceptors (Lipinski definition) is 9. The van der Waals surface area contributed by atoms with Gasteiger partial charge in [0, 0.05) is 24.5 Å². The molecule has 0 amide bonds. The SMILES string of the molecule is NC[C@H]1OC([C@H]2[C@H](O)[C@@H](O)[C@H](N)C[C@@H]2N)[C@H](N)[C@@H](O)[C@@H]1O. The molecule has 1 aliphatic heterocycles. The average Bonchev–Trinajstić information content (AvgIpc) is 2.45. The molecule has 1 saturated heterocycles.